The van der Waals surface area contributed by atoms with E-state index in [9.17, 15) is 13.2 Å². The normalized spacial score (nSPS) is 16.3. The summed E-state index contributed by atoms with van der Waals surface area (Å²) in [4.78, 5) is 12.1. The van der Waals surface area contributed by atoms with Crippen LogP contribution >= 0.6 is 0 Å². The number of hydrogen-bond acceptors (Lipinski definition) is 4. The molecule has 0 aliphatic carbocycles. The summed E-state index contributed by atoms with van der Waals surface area (Å²) in [5.74, 6) is -1.02. The van der Waals surface area contributed by atoms with Gasteiger partial charge in [0.15, 0.2) is 0 Å². The number of anilines is 1. The van der Waals surface area contributed by atoms with Gasteiger partial charge in [0.05, 0.1) is 0 Å². The second-order valence-electron chi connectivity index (χ2n) is 7.82. The van der Waals surface area contributed by atoms with Crippen molar-refractivity contribution in [1.29, 1.82) is 0 Å². The number of carbonyl (C=O) groups is 1. The number of hydrogen-bond donors (Lipinski definition) is 3. The maximum absolute atomic E-state index is 15.0. The molecule has 1 saturated heterocycles. The first-order valence-electron chi connectivity index (χ1n) is 10.1. The lowest BCUT2D eigenvalue weighted by Crippen LogP contribution is -2.42. The van der Waals surface area contributed by atoms with Crippen molar-refractivity contribution < 1.29 is 17.6 Å². The molecule has 3 N–H and O–H groups in total. The fourth-order valence-electron chi connectivity index (χ4n) is 3.77. The molecule has 0 bridgehead atoms. The van der Waals surface area contributed by atoms with E-state index in [2.05, 4.69) is 15.4 Å². The molecule has 6 nitrogen and oxygen atoms in total. The zero-order valence-corrected chi connectivity index (χ0v) is 18.3. The number of halogens is 1. The summed E-state index contributed by atoms with van der Waals surface area (Å²) in [5.41, 5.74) is 1.59. The number of amides is 1. The fourth-order valence-corrected chi connectivity index (χ4v) is 5.21. The molecule has 3 rings (SSSR count). The van der Waals surface area contributed by atoms with Crippen molar-refractivity contribution in [3.8, 4) is 0 Å². The van der Waals surface area contributed by atoms with Gasteiger partial charge in [0.2, 0.25) is 10.0 Å². The predicted molar refractivity (Wildman–Crippen MR) is 116 cm³/mol. The quantitative estimate of drug-likeness (QED) is 0.652. The van der Waals surface area contributed by atoms with E-state index in [1.165, 1.54) is 19.1 Å². The lowest BCUT2D eigenvalue weighted by Gasteiger charge is -2.28. The molecule has 2 aromatic rings. The molecular formula is C22H28FN3O3S. The van der Waals surface area contributed by atoms with Crippen molar-refractivity contribution in [1.82, 2.24) is 10.0 Å². The van der Waals surface area contributed by atoms with Crippen LogP contribution in [0.4, 0.5) is 10.1 Å². The Morgan fingerprint density at radius 1 is 1.13 bits per heavy atom. The van der Waals surface area contributed by atoms with Crippen LogP contribution in [0.1, 0.15) is 41.3 Å². The Labute approximate surface area is 177 Å². The molecule has 0 saturated carbocycles. The van der Waals surface area contributed by atoms with Crippen molar-refractivity contribution >= 4 is 21.6 Å². The van der Waals surface area contributed by atoms with E-state index in [0.717, 1.165) is 31.5 Å². The molecule has 0 radical (unpaired) electrons. The minimum atomic E-state index is -4.02. The van der Waals surface area contributed by atoms with Crippen molar-refractivity contribution in [2.24, 2.45) is 5.92 Å². The Hall–Kier alpha value is -2.29. The lowest BCUT2D eigenvalue weighted by atomic mass is 9.92. The Kier molecular flexibility index (Phi) is 6.90. The molecule has 1 atom stereocenters. The maximum atomic E-state index is 15.0. The second kappa shape index (κ2) is 9.24. The highest BCUT2D eigenvalue weighted by atomic mass is 32.2. The van der Waals surface area contributed by atoms with Crippen molar-refractivity contribution in [3.63, 3.8) is 0 Å². The van der Waals surface area contributed by atoms with Gasteiger partial charge >= 0.3 is 0 Å². The number of nitrogens with one attached hydrogen (secondary N) is 3. The summed E-state index contributed by atoms with van der Waals surface area (Å²) in [6, 6.07) is 9.41. The summed E-state index contributed by atoms with van der Waals surface area (Å²) in [5, 5.41) is 5.92. The molecule has 1 fully saturated rings. The first kappa shape index (κ1) is 22.4. The molecular weight excluding hydrogens is 405 g/mol. The van der Waals surface area contributed by atoms with E-state index in [1.54, 1.807) is 12.1 Å². The van der Waals surface area contributed by atoms with Gasteiger partial charge in [-0.25, -0.2) is 17.5 Å². The number of benzene rings is 2. The third kappa shape index (κ3) is 4.88. The standard InChI is InChI=1S/C22H28FN3O3S/c1-14-6-4-5-7-18(14)22(27)25-19-8-9-20(21(23)15(19)2)30(28,29)26-16(3)17-10-12-24-13-11-17/h4-9,16-17,24,26H,10-13H2,1-3H3,(H,25,27). The highest BCUT2D eigenvalue weighted by molar-refractivity contribution is 7.89. The van der Waals surface area contributed by atoms with Crippen LogP contribution in [-0.4, -0.2) is 33.5 Å². The summed E-state index contributed by atoms with van der Waals surface area (Å²) in [6.45, 7) is 6.78. The van der Waals surface area contributed by atoms with E-state index in [-0.39, 0.29) is 29.1 Å². The summed E-state index contributed by atoms with van der Waals surface area (Å²) in [7, 11) is -4.02. The number of sulfonamides is 1. The van der Waals surface area contributed by atoms with Crippen LogP contribution in [0.3, 0.4) is 0 Å². The second-order valence-corrected chi connectivity index (χ2v) is 9.50. The maximum Gasteiger partial charge on any atom is 0.255 e. The van der Waals surface area contributed by atoms with Gasteiger partial charge in [-0.05, 0) is 76.4 Å². The third-order valence-electron chi connectivity index (χ3n) is 5.71. The van der Waals surface area contributed by atoms with Crippen LogP contribution in [0.5, 0.6) is 0 Å². The van der Waals surface area contributed by atoms with Gasteiger partial charge in [0, 0.05) is 22.9 Å². The Morgan fingerprint density at radius 3 is 2.47 bits per heavy atom. The van der Waals surface area contributed by atoms with E-state index < -0.39 is 20.7 Å². The van der Waals surface area contributed by atoms with Gasteiger partial charge in [-0.1, -0.05) is 18.2 Å². The largest absolute Gasteiger partial charge is 0.322 e. The molecule has 1 aliphatic rings. The Morgan fingerprint density at radius 2 is 1.80 bits per heavy atom. The zero-order chi connectivity index (χ0) is 21.9. The van der Waals surface area contributed by atoms with E-state index in [4.69, 9.17) is 0 Å². The minimum absolute atomic E-state index is 0.0781. The summed E-state index contributed by atoms with van der Waals surface area (Å²) in [6.07, 6.45) is 1.74. The SMILES string of the molecule is Cc1ccccc1C(=O)Nc1ccc(S(=O)(=O)NC(C)C2CCNCC2)c(F)c1C. The average Bonchev–Trinajstić information content (AvgIpc) is 2.72. The van der Waals surface area contributed by atoms with Crippen molar-refractivity contribution in [3.05, 3.63) is 58.9 Å². The Balaban J connectivity index is 1.79. The molecule has 0 spiro atoms. The first-order chi connectivity index (χ1) is 14.2. The monoisotopic (exact) mass is 433 g/mol. The molecule has 2 aromatic carbocycles. The van der Waals surface area contributed by atoms with Crippen LogP contribution < -0.4 is 15.4 Å². The highest BCUT2D eigenvalue weighted by Gasteiger charge is 2.28. The van der Waals surface area contributed by atoms with Crippen molar-refractivity contribution in [2.45, 2.75) is 44.6 Å². The number of piperidine rings is 1. The van der Waals surface area contributed by atoms with Crippen LogP contribution in [-0.2, 0) is 10.0 Å². The van der Waals surface area contributed by atoms with E-state index in [1.807, 2.05) is 26.0 Å². The van der Waals surface area contributed by atoms with Crippen LogP contribution in [0.15, 0.2) is 41.3 Å². The lowest BCUT2D eigenvalue weighted by molar-refractivity contribution is 0.102. The van der Waals surface area contributed by atoms with Gasteiger partial charge < -0.3 is 10.6 Å². The van der Waals surface area contributed by atoms with Gasteiger partial charge in [-0.15, -0.1) is 0 Å². The van der Waals surface area contributed by atoms with Crippen LogP contribution in [0.2, 0.25) is 0 Å². The molecule has 30 heavy (non-hydrogen) atoms. The van der Waals surface area contributed by atoms with Gasteiger partial charge in [-0.3, -0.25) is 4.79 Å². The topological polar surface area (TPSA) is 87.3 Å². The first-order valence-corrected chi connectivity index (χ1v) is 11.6. The van der Waals surface area contributed by atoms with Gasteiger partial charge in [0.1, 0.15) is 10.7 Å². The van der Waals surface area contributed by atoms with E-state index >= 15 is 4.39 Å². The highest BCUT2D eigenvalue weighted by Crippen LogP contribution is 2.26. The van der Waals surface area contributed by atoms with E-state index in [0.29, 0.717) is 5.56 Å². The molecule has 0 aromatic heterocycles. The third-order valence-corrected chi connectivity index (χ3v) is 7.29. The predicted octanol–water partition coefficient (Wildman–Crippen LogP) is 3.36. The van der Waals surface area contributed by atoms with Gasteiger partial charge in [-0.2, -0.15) is 0 Å². The zero-order valence-electron chi connectivity index (χ0n) is 17.5. The fraction of sp³-hybridized carbons (Fsp3) is 0.409. The Bertz CT molecular complexity index is 1030. The molecule has 1 aliphatic heterocycles. The molecule has 8 heteroatoms. The van der Waals surface area contributed by atoms with Crippen molar-refractivity contribution in [2.75, 3.05) is 18.4 Å². The molecule has 162 valence electrons. The minimum Gasteiger partial charge on any atom is -0.322 e. The molecule has 1 amide bonds. The average molecular weight is 434 g/mol. The number of aryl methyl sites for hydroxylation is 1. The number of rotatable bonds is 6. The summed E-state index contributed by atoms with van der Waals surface area (Å²) >= 11 is 0. The number of carbonyl (C=O) groups excluding carboxylic acids is 1. The molecule has 1 heterocycles. The van der Waals surface area contributed by atoms with Crippen LogP contribution in [0, 0.1) is 25.6 Å². The van der Waals surface area contributed by atoms with Crippen LogP contribution in [0.25, 0.3) is 0 Å². The smallest absolute Gasteiger partial charge is 0.255 e. The van der Waals surface area contributed by atoms with Gasteiger partial charge in [0.25, 0.3) is 5.91 Å². The summed E-state index contributed by atoms with van der Waals surface area (Å²) < 4.78 is 43.2. The molecule has 1 unspecified atom stereocenters.